The van der Waals surface area contributed by atoms with Crippen LogP contribution in [0.15, 0.2) is 65.8 Å². The molecule has 0 radical (unpaired) electrons. The van der Waals surface area contributed by atoms with Gasteiger partial charge in [-0.05, 0) is 23.8 Å². The van der Waals surface area contributed by atoms with Crippen molar-refractivity contribution in [3.63, 3.8) is 0 Å². The maximum Gasteiger partial charge on any atom is 0.277 e. The average molecular weight is 315 g/mol. The molecule has 0 aliphatic carbocycles. The Morgan fingerprint density at radius 3 is 2.64 bits per heavy atom. The molecule has 2 aromatic rings. The maximum absolute atomic E-state index is 11.5. The van der Waals surface area contributed by atoms with Crippen molar-refractivity contribution in [2.24, 2.45) is 5.10 Å². The smallest absolute Gasteiger partial charge is 0.277 e. The number of amides is 1. The molecule has 2 rings (SSSR count). The van der Waals surface area contributed by atoms with Gasteiger partial charge in [0, 0.05) is 6.21 Å². The van der Waals surface area contributed by atoms with Crippen LogP contribution in [0.4, 0.5) is 0 Å². The monoisotopic (exact) mass is 314 g/mol. The van der Waals surface area contributed by atoms with Gasteiger partial charge in [0.25, 0.3) is 5.91 Å². The van der Waals surface area contributed by atoms with Gasteiger partial charge in [0.2, 0.25) is 0 Å². The van der Waals surface area contributed by atoms with Gasteiger partial charge in [0.1, 0.15) is 5.75 Å². The first-order valence-corrected chi connectivity index (χ1v) is 7.04. The molecule has 1 amide bonds. The van der Waals surface area contributed by atoms with E-state index in [1.807, 2.05) is 36.4 Å². The van der Waals surface area contributed by atoms with E-state index in [1.54, 1.807) is 30.3 Å². The predicted molar refractivity (Wildman–Crippen MR) is 89.1 cm³/mol. The fraction of sp³-hybridized carbons (Fsp3) is 0.0588. The summed E-state index contributed by atoms with van der Waals surface area (Å²) >= 11 is 5.92. The zero-order valence-corrected chi connectivity index (χ0v) is 12.5. The number of hydrogen-bond donors (Lipinski definition) is 1. The Morgan fingerprint density at radius 1 is 1.14 bits per heavy atom. The minimum absolute atomic E-state index is 0.149. The van der Waals surface area contributed by atoms with Gasteiger partial charge < -0.3 is 4.74 Å². The molecule has 0 atom stereocenters. The first-order valence-electron chi connectivity index (χ1n) is 6.66. The van der Waals surface area contributed by atoms with Crippen LogP contribution in [0.5, 0.6) is 5.75 Å². The Hall–Kier alpha value is -2.59. The highest BCUT2D eigenvalue weighted by molar-refractivity contribution is 6.32. The summed E-state index contributed by atoms with van der Waals surface area (Å²) in [5.41, 5.74) is 3.43. The summed E-state index contributed by atoms with van der Waals surface area (Å²) < 4.78 is 5.29. The Morgan fingerprint density at radius 2 is 1.86 bits per heavy atom. The van der Waals surface area contributed by atoms with Crippen molar-refractivity contribution in [1.82, 2.24) is 5.43 Å². The van der Waals surface area contributed by atoms with E-state index in [1.165, 1.54) is 6.21 Å². The third kappa shape index (κ3) is 5.42. The number of para-hydroxylation sites is 1. The molecule has 0 aliphatic rings. The molecule has 2 aromatic carbocycles. The Kier molecular flexibility index (Phi) is 6.20. The van der Waals surface area contributed by atoms with E-state index in [4.69, 9.17) is 16.3 Å². The van der Waals surface area contributed by atoms with Crippen molar-refractivity contribution in [2.45, 2.75) is 0 Å². The number of hydrazone groups is 1. The molecule has 0 heterocycles. The van der Waals surface area contributed by atoms with Gasteiger partial charge in [-0.3, -0.25) is 4.79 Å². The van der Waals surface area contributed by atoms with E-state index < -0.39 is 0 Å². The van der Waals surface area contributed by atoms with E-state index in [0.717, 1.165) is 5.56 Å². The predicted octanol–water partition coefficient (Wildman–Crippen LogP) is 3.53. The molecule has 112 valence electrons. The summed E-state index contributed by atoms with van der Waals surface area (Å²) in [5.74, 6) is 0.108. The summed E-state index contributed by atoms with van der Waals surface area (Å²) in [6, 6.07) is 16.8. The average Bonchev–Trinajstić information content (AvgIpc) is 2.55. The lowest BCUT2D eigenvalue weighted by molar-refractivity contribution is -0.123. The van der Waals surface area contributed by atoms with Gasteiger partial charge in [-0.25, -0.2) is 5.43 Å². The van der Waals surface area contributed by atoms with Gasteiger partial charge in [-0.1, -0.05) is 60.1 Å². The van der Waals surface area contributed by atoms with Crippen molar-refractivity contribution in [2.75, 3.05) is 6.61 Å². The largest absolute Gasteiger partial charge is 0.482 e. The zero-order chi connectivity index (χ0) is 15.6. The number of benzene rings is 2. The highest BCUT2D eigenvalue weighted by atomic mass is 35.5. The molecular weight excluding hydrogens is 300 g/mol. The molecule has 0 spiro atoms. The fourth-order valence-corrected chi connectivity index (χ4v) is 1.80. The molecule has 0 aliphatic heterocycles. The first-order chi connectivity index (χ1) is 10.8. The summed E-state index contributed by atoms with van der Waals surface area (Å²) in [4.78, 5) is 11.5. The van der Waals surface area contributed by atoms with E-state index in [-0.39, 0.29) is 12.5 Å². The van der Waals surface area contributed by atoms with Crippen LogP contribution in [0.1, 0.15) is 5.56 Å². The zero-order valence-electron chi connectivity index (χ0n) is 11.8. The molecule has 22 heavy (non-hydrogen) atoms. The van der Waals surface area contributed by atoms with Crippen LogP contribution in [0.25, 0.3) is 6.08 Å². The number of carbonyl (C=O) groups excluding carboxylic acids is 1. The maximum atomic E-state index is 11.5. The van der Waals surface area contributed by atoms with Crippen molar-refractivity contribution in [1.29, 1.82) is 0 Å². The molecule has 0 unspecified atom stereocenters. The van der Waals surface area contributed by atoms with Crippen molar-refractivity contribution in [3.05, 3.63) is 71.3 Å². The quantitative estimate of drug-likeness (QED) is 0.655. The first kappa shape index (κ1) is 15.8. The lowest BCUT2D eigenvalue weighted by Gasteiger charge is -2.05. The number of ether oxygens (including phenoxy) is 1. The van der Waals surface area contributed by atoms with Gasteiger partial charge >= 0.3 is 0 Å². The normalized spacial score (nSPS) is 11.0. The minimum Gasteiger partial charge on any atom is -0.482 e. The highest BCUT2D eigenvalue weighted by Crippen LogP contribution is 2.22. The van der Waals surface area contributed by atoms with Crippen LogP contribution in [0, 0.1) is 0 Å². The Bertz CT molecular complexity index is 669. The standard InChI is InChI=1S/C17H15ClN2O2/c18-15-10-4-5-11-16(15)22-13-17(21)20-19-12-6-9-14-7-2-1-3-8-14/h1-12H,13H2,(H,20,21)/b9-6+,19-12+. The Balaban J connectivity index is 1.73. The minimum atomic E-state index is -0.357. The van der Waals surface area contributed by atoms with Crippen LogP contribution in [0.3, 0.4) is 0 Å². The molecule has 0 fully saturated rings. The van der Waals surface area contributed by atoms with E-state index in [9.17, 15) is 4.79 Å². The molecular formula is C17H15ClN2O2. The summed E-state index contributed by atoms with van der Waals surface area (Å²) in [7, 11) is 0. The van der Waals surface area contributed by atoms with E-state index in [2.05, 4.69) is 10.5 Å². The summed E-state index contributed by atoms with van der Waals surface area (Å²) in [5, 5.41) is 4.26. The number of allylic oxidation sites excluding steroid dienone is 1. The Labute approximate surface area is 134 Å². The number of carbonyl (C=O) groups is 1. The molecule has 5 heteroatoms. The lowest BCUT2D eigenvalue weighted by atomic mass is 10.2. The second kappa shape index (κ2) is 8.64. The number of halogens is 1. The van der Waals surface area contributed by atoms with Gasteiger partial charge in [0.05, 0.1) is 5.02 Å². The second-order valence-electron chi connectivity index (χ2n) is 4.30. The summed E-state index contributed by atoms with van der Waals surface area (Å²) in [6.45, 7) is -0.149. The molecule has 0 saturated heterocycles. The van der Waals surface area contributed by atoms with Gasteiger partial charge in [-0.2, -0.15) is 5.10 Å². The molecule has 0 aromatic heterocycles. The van der Waals surface area contributed by atoms with Crippen LogP contribution in [0.2, 0.25) is 5.02 Å². The van der Waals surface area contributed by atoms with Gasteiger partial charge in [-0.15, -0.1) is 0 Å². The second-order valence-corrected chi connectivity index (χ2v) is 4.71. The molecule has 1 N–H and O–H groups in total. The van der Waals surface area contributed by atoms with Crippen molar-refractivity contribution in [3.8, 4) is 5.75 Å². The van der Waals surface area contributed by atoms with Crippen LogP contribution in [-0.2, 0) is 4.79 Å². The molecule has 0 bridgehead atoms. The topological polar surface area (TPSA) is 50.7 Å². The van der Waals surface area contributed by atoms with Crippen LogP contribution in [-0.4, -0.2) is 18.7 Å². The van der Waals surface area contributed by atoms with Crippen molar-refractivity contribution < 1.29 is 9.53 Å². The molecule has 0 saturated carbocycles. The number of rotatable bonds is 6. The third-order valence-electron chi connectivity index (χ3n) is 2.63. The summed E-state index contributed by atoms with van der Waals surface area (Å²) in [6.07, 6.45) is 5.13. The van der Waals surface area contributed by atoms with E-state index in [0.29, 0.717) is 10.8 Å². The SMILES string of the molecule is O=C(COc1ccccc1Cl)N/N=C/C=C/c1ccccc1. The van der Waals surface area contributed by atoms with E-state index >= 15 is 0 Å². The van der Waals surface area contributed by atoms with Crippen LogP contribution < -0.4 is 10.2 Å². The highest BCUT2D eigenvalue weighted by Gasteiger charge is 2.03. The molecule has 4 nitrogen and oxygen atoms in total. The fourth-order valence-electron chi connectivity index (χ4n) is 1.61. The number of nitrogens with one attached hydrogen (secondary N) is 1. The van der Waals surface area contributed by atoms with Gasteiger partial charge in [0.15, 0.2) is 6.61 Å². The lowest BCUT2D eigenvalue weighted by Crippen LogP contribution is -2.24. The number of hydrogen-bond acceptors (Lipinski definition) is 3. The third-order valence-corrected chi connectivity index (χ3v) is 2.95. The van der Waals surface area contributed by atoms with Crippen molar-refractivity contribution >= 4 is 29.8 Å². The van der Waals surface area contributed by atoms with Crippen LogP contribution >= 0.6 is 11.6 Å². The number of nitrogens with zero attached hydrogens (tertiary/aromatic N) is 1.